The number of rotatable bonds is 5. The molecule has 0 saturated carbocycles. The summed E-state index contributed by atoms with van der Waals surface area (Å²) in [5.41, 5.74) is 2.13. The summed E-state index contributed by atoms with van der Waals surface area (Å²) in [7, 11) is 0. The van der Waals surface area contributed by atoms with Gasteiger partial charge in [-0.05, 0) is 31.2 Å². The molecule has 28 heavy (non-hydrogen) atoms. The number of aryl methyl sites for hydroxylation is 1. The van der Waals surface area contributed by atoms with Gasteiger partial charge in [0.05, 0.1) is 29.2 Å². The number of nitrogens with zero attached hydrogens (tertiary/aromatic N) is 3. The molecule has 6 nitrogen and oxygen atoms in total. The highest BCUT2D eigenvalue weighted by atomic mass is 19.1. The number of benzene rings is 2. The van der Waals surface area contributed by atoms with E-state index in [1.807, 2.05) is 31.2 Å². The van der Waals surface area contributed by atoms with E-state index in [0.717, 1.165) is 23.4 Å². The van der Waals surface area contributed by atoms with Crippen molar-refractivity contribution in [3.8, 4) is 0 Å². The molecule has 1 fully saturated rings. The standard InChI is InChI=1S/C21H21FN4O2/c1-2-25-18-10-6-4-8-16(18)24-19(25)12-23-21(28)14-11-20(27)26(13-14)17-9-5-3-7-15(17)22/h3-10,14H,2,11-13H2,1H3,(H,23,28)/t14-/m0/s1. The van der Waals surface area contributed by atoms with E-state index in [2.05, 4.69) is 14.9 Å². The predicted molar refractivity (Wildman–Crippen MR) is 104 cm³/mol. The summed E-state index contributed by atoms with van der Waals surface area (Å²) in [5, 5.41) is 2.89. The molecule has 1 aliphatic heterocycles. The Morgan fingerprint density at radius 3 is 2.75 bits per heavy atom. The molecule has 0 bridgehead atoms. The van der Waals surface area contributed by atoms with Crippen molar-refractivity contribution in [3.05, 3.63) is 60.2 Å². The van der Waals surface area contributed by atoms with Gasteiger partial charge in [0.15, 0.2) is 0 Å². The van der Waals surface area contributed by atoms with Crippen molar-refractivity contribution >= 4 is 28.5 Å². The van der Waals surface area contributed by atoms with Gasteiger partial charge < -0.3 is 14.8 Å². The van der Waals surface area contributed by atoms with E-state index in [1.165, 1.54) is 11.0 Å². The number of amides is 2. The van der Waals surface area contributed by atoms with Crippen molar-refractivity contribution in [1.82, 2.24) is 14.9 Å². The van der Waals surface area contributed by atoms with Gasteiger partial charge >= 0.3 is 0 Å². The van der Waals surface area contributed by atoms with Crippen molar-refractivity contribution in [3.63, 3.8) is 0 Å². The van der Waals surface area contributed by atoms with Crippen LogP contribution in [0.4, 0.5) is 10.1 Å². The lowest BCUT2D eigenvalue weighted by Crippen LogP contribution is -2.33. The summed E-state index contributed by atoms with van der Waals surface area (Å²) in [6.45, 7) is 3.23. The van der Waals surface area contributed by atoms with Crippen LogP contribution in [0.25, 0.3) is 11.0 Å². The van der Waals surface area contributed by atoms with Crippen LogP contribution < -0.4 is 10.2 Å². The molecule has 1 N–H and O–H groups in total. The zero-order valence-corrected chi connectivity index (χ0v) is 15.6. The van der Waals surface area contributed by atoms with Gasteiger partial charge in [-0.25, -0.2) is 9.37 Å². The first-order chi connectivity index (χ1) is 13.6. The van der Waals surface area contributed by atoms with Crippen LogP contribution in [0.5, 0.6) is 0 Å². The Kier molecular flexibility index (Phi) is 4.81. The SMILES string of the molecule is CCn1c(CNC(=O)[C@H]2CC(=O)N(c3ccccc3F)C2)nc2ccccc21. The first-order valence-electron chi connectivity index (χ1n) is 9.35. The van der Waals surface area contributed by atoms with Crippen molar-refractivity contribution in [2.24, 2.45) is 5.92 Å². The predicted octanol–water partition coefficient (Wildman–Crippen LogP) is 2.86. The number of hydrogen-bond donors (Lipinski definition) is 1. The lowest BCUT2D eigenvalue weighted by Gasteiger charge is -2.17. The Balaban J connectivity index is 1.45. The number of hydrogen-bond acceptors (Lipinski definition) is 3. The van der Waals surface area contributed by atoms with Crippen molar-refractivity contribution in [2.45, 2.75) is 26.4 Å². The fourth-order valence-electron chi connectivity index (χ4n) is 3.71. The number of carbonyl (C=O) groups is 2. The van der Waals surface area contributed by atoms with Crippen LogP contribution in [0.2, 0.25) is 0 Å². The van der Waals surface area contributed by atoms with Gasteiger partial charge in [0.2, 0.25) is 11.8 Å². The third-order valence-electron chi connectivity index (χ3n) is 5.11. The van der Waals surface area contributed by atoms with Gasteiger partial charge in [-0.2, -0.15) is 0 Å². The van der Waals surface area contributed by atoms with Crippen LogP contribution in [0.3, 0.4) is 0 Å². The van der Waals surface area contributed by atoms with Crippen molar-refractivity contribution in [2.75, 3.05) is 11.4 Å². The number of carbonyl (C=O) groups excluding carboxylic acids is 2. The van der Waals surface area contributed by atoms with Crippen LogP contribution in [0.15, 0.2) is 48.5 Å². The van der Waals surface area contributed by atoms with Crippen LogP contribution in [-0.4, -0.2) is 27.9 Å². The van der Waals surface area contributed by atoms with E-state index in [1.54, 1.807) is 18.2 Å². The van der Waals surface area contributed by atoms with Crippen molar-refractivity contribution in [1.29, 1.82) is 0 Å². The molecule has 0 aliphatic carbocycles. The minimum atomic E-state index is -0.508. The fraction of sp³-hybridized carbons (Fsp3) is 0.286. The Bertz CT molecular complexity index is 1050. The van der Waals surface area contributed by atoms with Crippen LogP contribution in [0.1, 0.15) is 19.2 Å². The van der Waals surface area contributed by atoms with E-state index < -0.39 is 11.7 Å². The summed E-state index contributed by atoms with van der Waals surface area (Å²) in [5.74, 6) is -0.666. The number of fused-ring (bicyclic) bond motifs is 1. The maximum atomic E-state index is 14.0. The highest BCUT2D eigenvalue weighted by Crippen LogP contribution is 2.27. The molecular formula is C21H21FN4O2. The van der Waals surface area contributed by atoms with E-state index in [-0.39, 0.29) is 37.0 Å². The fourth-order valence-corrected chi connectivity index (χ4v) is 3.71. The molecule has 144 valence electrons. The average molecular weight is 380 g/mol. The minimum Gasteiger partial charge on any atom is -0.349 e. The van der Waals surface area contributed by atoms with Crippen molar-refractivity contribution < 1.29 is 14.0 Å². The highest BCUT2D eigenvalue weighted by molar-refractivity contribution is 6.00. The molecule has 0 unspecified atom stereocenters. The third-order valence-corrected chi connectivity index (χ3v) is 5.11. The molecule has 1 saturated heterocycles. The summed E-state index contributed by atoms with van der Waals surface area (Å²) in [4.78, 5) is 30.9. The Labute approximate surface area is 162 Å². The molecule has 0 radical (unpaired) electrons. The quantitative estimate of drug-likeness (QED) is 0.740. The smallest absolute Gasteiger partial charge is 0.227 e. The van der Waals surface area contributed by atoms with Crippen LogP contribution in [-0.2, 0) is 22.7 Å². The second kappa shape index (κ2) is 7.42. The van der Waals surface area contributed by atoms with Gasteiger partial charge in [0, 0.05) is 19.5 Å². The Hall–Kier alpha value is -3.22. The second-order valence-electron chi connectivity index (χ2n) is 6.84. The summed E-state index contributed by atoms with van der Waals surface area (Å²) < 4.78 is 16.0. The maximum absolute atomic E-state index is 14.0. The van der Waals surface area contributed by atoms with E-state index >= 15 is 0 Å². The molecule has 3 aromatic rings. The number of nitrogens with one attached hydrogen (secondary N) is 1. The Morgan fingerprint density at radius 2 is 1.96 bits per heavy atom. The zero-order valence-electron chi connectivity index (χ0n) is 15.6. The maximum Gasteiger partial charge on any atom is 0.227 e. The Morgan fingerprint density at radius 1 is 1.21 bits per heavy atom. The van der Waals surface area contributed by atoms with Gasteiger partial charge in [-0.1, -0.05) is 24.3 Å². The number of anilines is 1. The molecule has 1 atom stereocenters. The molecule has 7 heteroatoms. The highest BCUT2D eigenvalue weighted by Gasteiger charge is 2.36. The van der Waals surface area contributed by atoms with Crippen LogP contribution in [0, 0.1) is 11.7 Å². The average Bonchev–Trinajstić information content (AvgIpc) is 3.26. The topological polar surface area (TPSA) is 67.2 Å². The molecule has 1 aliphatic rings. The van der Waals surface area contributed by atoms with E-state index in [0.29, 0.717) is 0 Å². The van der Waals surface area contributed by atoms with Gasteiger partial charge in [-0.15, -0.1) is 0 Å². The molecular weight excluding hydrogens is 359 g/mol. The molecule has 2 heterocycles. The molecule has 1 aromatic heterocycles. The number of imidazole rings is 1. The molecule has 2 amide bonds. The largest absolute Gasteiger partial charge is 0.349 e. The lowest BCUT2D eigenvalue weighted by molar-refractivity contribution is -0.126. The lowest BCUT2D eigenvalue weighted by atomic mass is 10.1. The summed E-state index contributed by atoms with van der Waals surface area (Å²) in [6.07, 6.45) is 0.0738. The van der Waals surface area contributed by atoms with Gasteiger partial charge in [0.1, 0.15) is 11.6 Å². The first kappa shape index (κ1) is 18.2. The van der Waals surface area contributed by atoms with E-state index in [9.17, 15) is 14.0 Å². The number of para-hydroxylation sites is 3. The van der Waals surface area contributed by atoms with Gasteiger partial charge in [-0.3, -0.25) is 9.59 Å². The minimum absolute atomic E-state index is 0.0738. The normalized spacial score (nSPS) is 16.7. The monoisotopic (exact) mass is 380 g/mol. The zero-order chi connectivity index (χ0) is 19.7. The third kappa shape index (κ3) is 3.24. The number of halogens is 1. The first-order valence-corrected chi connectivity index (χ1v) is 9.35. The molecule has 4 rings (SSSR count). The molecule has 0 spiro atoms. The van der Waals surface area contributed by atoms with Gasteiger partial charge in [0.25, 0.3) is 0 Å². The summed E-state index contributed by atoms with van der Waals surface area (Å²) in [6, 6.07) is 13.9. The summed E-state index contributed by atoms with van der Waals surface area (Å²) >= 11 is 0. The van der Waals surface area contributed by atoms with Crippen LogP contribution >= 0.6 is 0 Å². The number of aromatic nitrogens is 2. The molecule has 2 aromatic carbocycles. The second-order valence-corrected chi connectivity index (χ2v) is 6.84. The van der Waals surface area contributed by atoms with E-state index in [4.69, 9.17) is 0 Å².